The number of carbonyl (C=O) groups excluding carboxylic acids is 1. The Labute approximate surface area is 158 Å². The van der Waals surface area contributed by atoms with Crippen molar-refractivity contribution in [1.29, 1.82) is 0 Å². The second-order valence-electron chi connectivity index (χ2n) is 7.16. The van der Waals surface area contributed by atoms with Gasteiger partial charge >= 0.3 is 0 Å². The van der Waals surface area contributed by atoms with E-state index in [2.05, 4.69) is 20.8 Å². The Morgan fingerprint density at radius 3 is 2.58 bits per heavy atom. The summed E-state index contributed by atoms with van der Waals surface area (Å²) in [5, 5.41) is 0. The predicted octanol–water partition coefficient (Wildman–Crippen LogP) is 3.51. The number of rotatable bonds is 8. The molecule has 1 aliphatic rings. The van der Waals surface area contributed by atoms with E-state index in [9.17, 15) is 13.2 Å². The van der Waals surface area contributed by atoms with Crippen molar-refractivity contribution in [1.82, 2.24) is 9.21 Å². The number of unbranched alkanes of at least 4 members (excludes halogenated alkanes) is 1. The van der Waals surface area contributed by atoms with Crippen molar-refractivity contribution in [3.63, 3.8) is 0 Å². The number of nitrogens with zero attached hydrogens (tertiary/aromatic N) is 2. The molecule has 146 valence electrons. The molecule has 0 aromatic heterocycles. The van der Waals surface area contributed by atoms with Crippen LogP contribution in [0.4, 0.5) is 0 Å². The lowest BCUT2D eigenvalue weighted by molar-refractivity contribution is -0.139. The lowest BCUT2D eigenvalue weighted by Crippen LogP contribution is -2.49. The van der Waals surface area contributed by atoms with Crippen LogP contribution in [0.15, 0.2) is 35.2 Å². The molecule has 5 nitrogen and oxygen atoms in total. The van der Waals surface area contributed by atoms with Gasteiger partial charge in [-0.25, -0.2) is 8.42 Å². The molecule has 0 spiro atoms. The maximum Gasteiger partial charge on any atom is 0.243 e. The van der Waals surface area contributed by atoms with Crippen molar-refractivity contribution in [3.05, 3.63) is 30.3 Å². The number of amides is 1. The van der Waals surface area contributed by atoms with Crippen molar-refractivity contribution in [2.45, 2.75) is 63.8 Å². The van der Waals surface area contributed by atoms with E-state index >= 15 is 0 Å². The molecule has 0 radical (unpaired) electrons. The number of carbonyl (C=O) groups is 1. The summed E-state index contributed by atoms with van der Waals surface area (Å²) >= 11 is 0. The predicted molar refractivity (Wildman–Crippen MR) is 104 cm³/mol. The third kappa shape index (κ3) is 4.86. The van der Waals surface area contributed by atoms with Crippen LogP contribution < -0.4 is 0 Å². The van der Waals surface area contributed by atoms with Crippen LogP contribution in [0.2, 0.25) is 0 Å². The smallest absolute Gasteiger partial charge is 0.243 e. The van der Waals surface area contributed by atoms with Crippen LogP contribution in [0, 0.1) is 5.92 Å². The van der Waals surface area contributed by atoms with Gasteiger partial charge in [-0.15, -0.1) is 0 Å². The van der Waals surface area contributed by atoms with Crippen molar-refractivity contribution < 1.29 is 13.2 Å². The Bertz CT molecular complexity index is 676. The minimum Gasteiger partial charge on any atom is -0.340 e. The zero-order valence-electron chi connectivity index (χ0n) is 16.2. The average molecular weight is 381 g/mol. The first-order valence-electron chi connectivity index (χ1n) is 9.77. The Morgan fingerprint density at radius 1 is 1.27 bits per heavy atom. The Kier molecular flexibility index (Phi) is 7.65. The van der Waals surface area contributed by atoms with Crippen molar-refractivity contribution >= 4 is 15.9 Å². The van der Waals surface area contributed by atoms with Gasteiger partial charge < -0.3 is 4.90 Å². The second-order valence-corrected chi connectivity index (χ2v) is 9.10. The number of piperidine rings is 1. The van der Waals surface area contributed by atoms with Gasteiger partial charge in [0.15, 0.2) is 0 Å². The highest BCUT2D eigenvalue weighted by molar-refractivity contribution is 7.89. The highest BCUT2D eigenvalue weighted by Gasteiger charge is 2.35. The highest BCUT2D eigenvalue weighted by Crippen LogP contribution is 2.26. The van der Waals surface area contributed by atoms with Gasteiger partial charge in [-0.3, -0.25) is 4.79 Å². The number of sulfonamides is 1. The van der Waals surface area contributed by atoms with Crippen LogP contribution in [-0.2, 0) is 14.8 Å². The van der Waals surface area contributed by atoms with Gasteiger partial charge in [0.05, 0.1) is 10.8 Å². The molecule has 0 saturated carbocycles. The summed E-state index contributed by atoms with van der Waals surface area (Å²) in [5.41, 5.74) is 0. The summed E-state index contributed by atoms with van der Waals surface area (Å²) in [5.74, 6) is -0.131. The van der Waals surface area contributed by atoms with Crippen molar-refractivity contribution in [2.24, 2.45) is 5.92 Å². The van der Waals surface area contributed by atoms with Gasteiger partial charge in [-0.05, 0) is 44.7 Å². The molecule has 1 aromatic carbocycles. The first-order chi connectivity index (χ1) is 12.4. The van der Waals surface area contributed by atoms with Gasteiger partial charge in [0.2, 0.25) is 15.9 Å². The molecule has 2 atom stereocenters. The van der Waals surface area contributed by atoms with Crippen LogP contribution in [0.5, 0.6) is 0 Å². The van der Waals surface area contributed by atoms with Crippen LogP contribution in [0.3, 0.4) is 0 Å². The van der Waals surface area contributed by atoms with Crippen LogP contribution >= 0.6 is 0 Å². The van der Waals surface area contributed by atoms with Gasteiger partial charge in [0, 0.05) is 25.7 Å². The summed E-state index contributed by atoms with van der Waals surface area (Å²) in [7, 11) is -3.53. The van der Waals surface area contributed by atoms with E-state index in [1.165, 1.54) is 4.31 Å². The number of hydrogen-bond acceptors (Lipinski definition) is 3. The topological polar surface area (TPSA) is 57.7 Å². The van der Waals surface area contributed by atoms with Gasteiger partial charge in [0.25, 0.3) is 0 Å². The molecule has 0 bridgehead atoms. The largest absolute Gasteiger partial charge is 0.340 e. The molecule has 2 rings (SSSR count). The normalized spacial score (nSPS) is 19.9. The summed E-state index contributed by atoms with van der Waals surface area (Å²) in [6.45, 7) is 7.81. The van der Waals surface area contributed by atoms with E-state index < -0.39 is 10.0 Å². The van der Waals surface area contributed by atoms with Crippen LogP contribution in [-0.4, -0.2) is 49.2 Å². The van der Waals surface area contributed by atoms with Crippen molar-refractivity contribution in [3.8, 4) is 0 Å². The lowest BCUT2D eigenvalue weighted by atomic mass is 9.97. The molecule has 6 heteroatoms. The van der Waals surface area contributed by atoms with Crippen LogP contribution in [0.1, 0.15) is 52.9 Å². The third-order valence-corrected chi connectivity index (χ3v) is 7.15. The molecule has 1 heterocycles. The van der Waals surface area contributed by atoms with E-state index in [1.54, 1.807) is 30.3 Å². The van der Waals surface area contributed by atoms with Crippen molar-refractivity contribution in [2.75, 3.05) is 19.6 Å². The third-order valence-electron chi connectivity index (χ3n) is 5.27. The van der Waals surface area contributed by atoms with E-state index in [0.717, 1.165) is 38.6 Å². The Hall–Kier alpha value is -1.40. The van der Waals surface area contributed by atoms with E-state index in [-0.39, 0.29) is 24.4 Å². The molecule has 1 amide bonds. The maximum atomic E-state index is 13.1. The maximum absolute atomic E-state index is 13.1. The van der Waals surface area contributed by atoms with Gasteiger partial charge in [-0.1, -0.05) is 38.5 Å². The van der Waals surface area contributed by atoms with E-state index in [4.69, 9.17) is 0 Å². The molecule has 1 saturated heterocycles. The monoisotopic (exact) mass is 380 g/mol. The van der Waals surface area contributed by atoms with E-state index in [0.29, 0.717) is 11.4 Å². The number of benzene rings is 1. The molecule has 26 heavy (non-hydrogen) atoms. The zero-order valence-corrected chi connectivity index (χ0v) is 17.0. The first-order valence-corrected chi connectivity index (χ1v) is 11.2. The molecule has 0 N–H and O–H groups in total. The quantitative estimate of drug-likeness (QED) is 0.693. The van der Waals surface area contributed by atoms with Gasteiger partial charge in [-0.2, -0.15) is 4.31 Å². The summed E-state index contributed by atoms with van der Waals surface area (Å²) in [6.07, 6.45) is 4.42. The number of hydrogen-bond donors (Lipinski definition) is 0. The first kappa shape index (κ1) is 20.9. The molecule has 0 aliphatic carbocycles. The standard InChI is InChI=1S/C20H32N2O3S/c1-4-6-15-22(17(3)5-2)20(23)18-11-10-14-21(16-18)26(24,25)19-12-8-7-9-13-19/h7-9,12-13,17-18H,4-6,10-11,14-16H2,1-3H3. The lowest BCUT2D eigenvalue weighted by Gasteiger charge is -2.36. The summed E-state index contributed by atoms with van der Waals surface area (Å²) in [6, 6.07) is 8.69. The fourth-order valence-electron chi connectivity index (χ4n) is 3.43. The Morgan fingerprint density at radius 2 is 1.96 bits per heavy atom. The average Bonchev–Trinajstić information content (AvgIpc) is 2.68. The van der Waals surface area contributed by atoms with Crippen LogP contribution in [0.25, 0.3) is 0 Å². The minimum atomic E-state index is -3.53. The molecular formula is C20H32N2O3S. The summed E-state index contributed by atoms with van der Waals surface area (Å²) < 4.78 is 27.3. The zero-order chi connectivity index (χ0) is 19.2. The summed E-state index contributed by atoms with van der Waals surface area (Å²) in [4.78, 5) is 15.4. The van der Waals surface area contributed by atoms with Gasteiger partial charge in [0.1, 0.15) is 0 Å². The fraction of sp³-hybridized carbons (Fsp3) is 0.650. The fourth-order valence-corrected chi connectivity index (χ4v) is 4.98. The molecule has 1 aromatic rings. The molecular weight excluding hydrogens is 348 g/mol. The van der Waals surface area contributed by atoms with E-state index in [1.807, 2.05) is 4.90 Å². The SMILES string of the molecule is CCCCN(C(=O)C1CCCN(S(=O)(=O)c2ccccc2)C1)C(C)CC. The Balaban J connectivity index is 2.14. The molecule has 2 unspecified atom stereocenters. The second kappa shape index (κ2) is 9.51. The minimum absolute atomic E-state index is 0.112. The molecule has 1 aliphatic heterocycles. The molecule has 1 fully saturated rings. The highest BCUT2D eigenvalue weighted by atomic mass is 32.2.